The van der Waals surface area contributed by atoms with E-state index in [1.54, 1.807) is 25.4 Å². The summed E-state index contributed by atoms with van der Waals surface area (Å²) < 4.78 is 22.8. The first-order chi connectivity index (χ1) is 10.4. The van der Waals surface area contributed by atoms with Crippen LogP contribution in [0.2, 0.25) is 0 Å². The molecule has 0 unspecified atom stereocenters. The van der Waals surface area contributed by atoms with E-state index in [0.29, 0.717) is 12.4 Å². The second kappa shape index (κ2) is 6.83. The van der Waals surface area contributed by atoms with Crippen LogP contribution in [0.4, 0.5) is 0 Å². The van der Waals surface area contributed by atoms with Crippen molar-refractivity contribution in [1.29, 1.82) is 0 Å². The summed E-state index contributed by atoms with van der Waals surface area (Å²) in [4.78, 5) is 5.58. The van der Waals surface area contributed by atoms with E-state index in [2.05, 4.69) is 6.58 Å². The van der Waals surface area contributed by atoms with E-state index in [4.69, 9.17) is 23.8 Å². The summed E-state index contributed by atoms with van der Waals surface area (Å²) >= 11 is 0. The predicted octanol–water partition coefficient (Wildman–Crippen LogP) is 2.00. The molecule has 2 aliphatic heterocycles. The van der Waals surface area contributed by atoms with Crippen LogP contribution in [0.25, 0.3) is 0 Å². The van der Waals surface area contributed by atoms with Crippen molar-refractivity contribution in [2.24, 2.45) is 0 Å². The molecule has 0 aliphatic carbocycles. The Morgan fingerprint density at radius 1 is 1.41 bits per heavy atom. The average Bonchev–Trinajstić information content (AvgIpc) is 2.78. The van der Waals surface area contributed by atoms with Crippen molar-refractivity contribution in [3.63, 3.8) is 0 Å². The zero-order valence-electron chi connectivity index (χ0n) is 13.9. The number of ether oxygens (including phenoxy) is 4. The minimum absolute atomic E-state index is 0.204. The fraction of sp³-hybridized carbons (Fsp3) is 0.625. The third-order valence-electron chi connectivity index (χ3n) is 3.72. The first-order valence-corrected chi connectivity index (χ1v) is 7.25. The maximum absolute atomic E-state index is 6.09. The molecule has 3 atom stereocenters. The molecule has 6 heteroatoms. The number of likely N-dealkylation sites (N-methyl/N-ethyl adjacent to an activating group) is 1. The molecule has 2 heterocycles. The van der Waals surface area contributed by atoms with Gasteiger partial charge in [0.15, 0.2) is 5.79 Å². The molecule has 1 saturated heterocycles. The Bertz CT molecular complexity index is 471. The second-order valence-electron chi connectivity index (χ2n) is 5.64. The number of hydrogen-bond acceptors (Lipinski definition) is 6. The van der Waals surface area contributed by atoms with E-state index >= 15 is 0 Å². The van der Waals surface area contributed by atoms with E-state index in [-0.39, 0.29) is 18.2 Å². The molecule has 0 aromatic rings. The smallest absolute Gasteiger partial charge is 0.164 e. The lowest BCUT2D eigenvalue weighted by molar-refractivity contribution is -0.204. The van der Waals surface area contributed by atoms with E-state index in [1.165, 1.54) is 0 Å². The van der Waals surface area contributed by atoms with Gasteiger partial charge in [-0.3, -0.25) is 4.84 Å². The molecule has 0 amide bonds. The van der Waals surface area contributed by atoms with Crippen LogP contribution in [0.3, 0.4) is 0 Å². The summed E-state index contributed by atoms with van der Waals surface area (Å²) in [5, 5.41) is 1.75. The molecule has 0 N–H and O–H groups in total. The summed E-state index contributed by atoms with van der Waals surface area (Å²) in [5.74, 6) is 0.734. The molecular formula is C16H25NO5. The summed E-state index contributed by atoms with van der Waals surface area (Å²) in [6, 6.07) is -0.204. The van der Waals surface area contributed by atoms with Crippen LogP contribution in [-0.2, 0) is 23.8 Å². The summed E-state index contributed by atoms with van der Waals surface area (Å²) in [6.07, 6.45) is 4.81. The van der Waals surface area contributed by atoms with Crippen LogP contribution in [0.5, 0.6) is 0 Å². The van der Waals surface area contributed by atoms with Crippen LogP contribution >= 0.6 is 0 Å². The lowest BCUT2D eigenvalue weighted by atomic mass is 10.0. The zero-order valence-corrected chi connectivity index (χ0v) is 13.9. The quantitative estimate of drug-likeness (QED) is 0.572. The minimum Gasteiger partial charge on any atom is -0.499 e. The first kappa shape index (κ1) is 17.0. The Labute approximate surface area is 131 Å². The number of hydrogen-bond donors (Lipinski definition) is 0. The van der Waals surface area contributed by atoms with Gasteiger partial charge in [-0.05, 0) is 32.1 Å². The predicted molar refractivity (Wildman–Crippen MR) is 81.7 cm³/mol. The van der Waals surface area contributed by atoms with E-state index in [9.17, 15) is 0 Å². The number of methoxy groups -OCH3 is 2. The Morgan fingerprint density at radius 3 is 2.73 bits per heavy atom. The number of nitrogens with zero attached hydrogens (tertiary/aromatic N) is 1. The third kappa shape index (κ3) is 3.52. The summed E-state index contributed by atoms with van der Waals surface area (Å²) in [7, 11) is 5.10. The Morgan fingerprint density at radius 2 is 2.14 bits per heavy atom. The van der Waals surface area contributed by atoms with Gasteiger partial charge in [-0.25, -0.2) is 0 Å². The van der Waals surface area contributed by atoms with Gasteiger partial charge in [0.2, 0.25) is 0 Å². The lowest BCUT2D eigenvalue weighted by Gasteiger charge is -2.36. The summed E-state index contributed by atoms with van der Waals surface area (Å²) in [6.45, 7) is 7.97. The van der Waals surface area contributed by atoms with Gasteiger partial charge in [0, 0.05) is 7.05 Å². The summed E-state index contributed by atoms with van der Waals surface area (Å²) in [5.41, 5.74) is 0. The van der Waals surface area contributed by atoms with Crippen molar-refractivity contribution in [1.82, 2.24) is 5.06 Å². The molecule has 0 saturated carbocycles. The molecule has 0 radical (unpaired) electrons. The molecule has 0 aromatic heterocycles. The molecule has 0 spiro atoms. The number of allylic oxidation sites excluding steroid dienone is 1. The fourth-order valence-corrected chi connectivity index (χ4v) is 2.76. The van der Waals surface area contributed by atoms with Crippen molar-refractivity contribution in [2.45, 2.75) is 37.9 Å². The molecule has 1 fully saturated rings. The highest BCUT2D eigenvalue weighted by atomic mass is 16.8. The molecule has 0 bridgehead atoms. The standard InChI is InChI=1S/C16H25NO5/c1-7-11(18-5)10-13-15(22-16(2,3)21-13)14-12(19-6)8-9-20-17(14)4/h7-8,10,13-15H,1,9H2,2-6H3/b11-10+/t13-,14+,15+/m1/s1. The normalized spacial score (nSPS) is 32.5. The highest BCUT2D eigenvalue weighted by molar-refractivity contribution is 5.18. The Kier molecular flexibility index (Phi) is 5.28. The van der Waals surface area contributed by atoms with Gasteiger partial charge in [0.25, 0.3) is 0 Å². The highest BCUT2D eigenvalue weighted by Crippen LogP contribution is 2.36. The van der Waals surface area contributed by atoms with Gasteiger partial charge in [0.05, 0.1) is 20.8 Å². The molecule has 6 nitrogen and oxygen atoms in total. The third-order valence-corrected chi connectivity index (χ3v) is 3.72. The van der Waals surface area contributed by atoms with Gasteiger partial charge in [-0.2, -0.15) is 5.06 Å². The SMILES string of the molecule is C=C/C(=C\[C@H]1OC(C)(C)O[C@@H]1[C@@H]1C(OC)=CCON1C)OC. The van der Waals surface area contributed by atoms with Gasteiger partial charge < -0.3 is 18.9 Å². The van der Waals surface area contributed by atoms with Crippen LogP contribution in [0.1, 0.15) is 13.8 Å². The van der Waals surface area contributed by atoms with Crippen LogP contribution in [-0.4, -0.2) is 57.0 Å². The van der Waals surface area contributed by atoms with Gasteiger partial charge in [-0.15, -0.1) is 0 Å². The van der Waals surface area contributed by atoms with Crippen molar-refractivity contribution in [3.8, 4) is 0 Å². The fourth-order valence-electron chi connectivity index (χ4n) is 2.76. The maximum atomic E-state index is 6.09. The lowest BCUT2D eigenvalue weighted by Crippen LogP contribution is -2.49. The van der Waals surface area contributed by atoms with Crippen LogP contribution in [0, 0.1) is 0 Å². The monoisotopic (exact) mass is 311 g/mol. The Hall–Kier alpha value is -1.34. The van der Waals surface area contributed by atoms with Crippen LogP contribution < -0.4 is 0 Å². The van der Waals surface area contributed by atoms with Gasteiger partial charge in [-0.1, -0.05) is 6.58 Å². The van der Waals surface area contributed by atoms with Gasteiger partial charge in [0.1, 0.15) is 29.8 Å². The van der Waals surface area contributed by atoms with Gasteiger partial charge >= 0.3 is 0 Å². The average molecular weight is 311 g/mol. The molecule has 22 heavy (non-hydrogen) atoms. The van der Waals surface area contributed by atoms with Crippen molar-refractivity contribution < 1.29 is 23.8 Å². The highest BCUT2D eigenvalue weighted by Gasteiger charge is 2.48. The van der Waals surface area contributed by atoms with Crippen LogP contribution in [0.15, 0.2) is 36.3 Å². The van der Waals surface area contributed by atoms with E-state index < -0.39 is 5.79 Å². The van der Waals surface area contributed by atoms with E-state index in [0.717, 1.165) is 5.76 Å². The number of hydroxylamine groups is 2. The molecule has 0 aromatic carbocycles. The molecule has 2 rings (SSSR count). The largest absolute Gasteiger partial charge is 0.499 e. The molecular weight excluding hydrogens is 286 g/mol. The number of rotatable bonds is 5. The minimum atomic E-state index is -0.705. The van der Waals surface area contributed by atoms with Crippen molar-refractivity contribution in [2.75, 3.05) is 27.9 Å². The topological polar surface area (TPSA) is 49.4 Å². The maximum Gasteiger partial charge on any atom is 0.164 e. The molecule has 2 aliphatic rings. The van der Waals surface area contributed by atoms with Crippen molar-refractivity contribution >= 4 is 0 Å². The molecule has 124 valence electrons. The second-order valence-corrected chi connectivity index (χ2v) is 5.64. The van der Waals surface area contributed by atoms with E-state index in [1.807, 2.05) is 33.0 Å². The Balaban J connectivity index is 2.32. The van der Waals surface area contributed by atoms with Crippen molar-refractivity contribution in [3.05, 3.63) is 36.3 Å². The zero-order chi connectivity index (χ0) is 16.3. The first-order valence-electron chi connectivity index (χ1n) is 7.25.